The van der Waals surface area contributed by atoms with Gasteiger partial charge in [-0.25, -0.2) is 0 Å². The molecule has 2 heterocycles. The van der Waals surface area contributed by atoms with Crippen LogP contribution >= 0.6 is 24.8 Å². The summed E-state index contributed by atoms with van der Waals surface area (Å²) in [5.41, 5.74) is 0. The number of rotatable bonds is 4. The zero-order valence-corrected chi connectivity index (χ0v) is 15.0. The first-order valence-corrected chi connectivity index (χ1v) is 7.63. The van der Waals surface area contributed by atoms with E-state index in [1.54, 1.807) is 0 Å². The van der Waals surface area contributed by atoms with E-state index < -0.39 is 0 Å². The van der Waals surface area contributed by atoms with Crippen LogP contribution in [0.3, 0.4) is 0 Å². The molecule has 2 saturated heterocycles. The molecular formula is C14H29Cl2N3O3. The summed E-state index contributed by atoms with van der Waals surface area (Å²) in [6.45, 7) is 8.86. The van der Waals surface area contributed by atoms with Gasteiger partial charge >= 0.3 is 0 Å². The summed E-state index contributed by atoms with van der Waals surface area (Å²) >= 11 is 0. The third-order valence-corrected chi connectivity index (χ3v) is 4.11. The van der Waals surface area contributed by atoms with Crippen molar-refractivity contribution in [2.24, 2.45) is 0 Å². The molecule has 3 unspecified atom stereocenters. The third kappa shape index (κ3) is 5.83. The third-order valence-electron chi connectivity index (χ3n) is 4.11. The van der Waals surface area contributed by atoms with Gasteiger partial charge in [-0.15, -0.1) is 24.8 Å². The Kier molecular flexibility index (Phi) is 10.6. The molecule has 0 aromatic heterocycles. The van der Waals surface area contributed by atoms with Crippen LogP contribution in [-0.2, 0) is 9.53 Å². The standard InChI is InChI=1S/C14H27N3O3.2ClH/c1-3-12-9-17(6-5-16(12)8-11(2)18)14(19)13-10-20-7-4-15-13;;/h11-13,15,18H,3-10H2,1-2H3;2*1H. The molecule has 8 heteroatoms. The van der Waals surface area contributed by atoms with Gasteiger partial charge < -0.3 is 20.1 Å². The van der Waals surface area contributed by atoms with Gasteiger partial charge in [-0.3, -0.25) is 9.69 Å². The van der Waals surface area contributed by atoms with E-state index in [0.29, 0.717) is 25.8 Å². The monoisotopic (exact) mass is 357 g/mol. The van der Waals surface area contributed by atoms with E-state index in [9.17, 15) is 9.90 Å². The molecule has 0 saturated carbocycles. The highest BCUT2D eigenvalue weighted by Crippen LogP contribution is 2.15. The maximum Gasteiger partial charge on any atom is 0.242 e. The first kappa shape index (κ1) is 21.9. The summed E-state index contributed by atoms with van der Waals surface area (Å²) in [6.07, 6.45) is 0.671. The summed E-state index contributed by atoms with van der Waals surface area (Å²) in [6, 6.07) is 0.149. The van der Waals surface area contributed by atoms with E-state index in [-0.39, 0.29) is 42.9 Å². The van der Waals surface area contributed by atoms with E-state index in [1.807, 2.05) is 11.8 Å². The van der Waals surface area contributed by atoms with Gasteiger partial charge in [0.25, 0.3) is 0 Å². The lowest BCUT2D eigenvalue weighted by molar-refractivity contribution is -0.139. The van der Waals surface area contributed by atoms with E-state index in [4.69, 9.17) is 4.74 Å². The molecule has 0 aliphatic carbocycles. The molecule has 2 rings (SSSR count). The number of nitrogens with zero attached hydrogens (tertiary/aromatic N) is 2. The Morgan fingerprint density at radius 3 is 2.68 bits per heavy atom. The number of hydrogen-bond acceptors (Lipinski definition) is 5. The molecule has 1 amide bonds. The SMILES string of the molecule is CCC1CN(C(=O)C2COCCN2)CCN1CC(C)O.Cl.Cl. The van der Waals surface area contributed by atoms with Crippen molar-refractivity contribution >= 4 is 30.7 Å². The molecule has 0 aromatic rings. The van der Waals surface area contributed by atoms with Gasteiger partial charge in [0.2, 0.25) is 5.91 Å². The highest BCUT2D eigenvalue weighted by Gasteiger charge is 2.32. The van der Waals surface area contributed by atoms with Crippen LogP contribution in [0.2, 0.25) is 0 Å². The second kappa shape index (κ2) is 10.6. The van der Waals surface area contributed by atoms with Crippen molar-refractivity contribution in [3.8, 4) is 0 Å². The predicted octanol–water partition coefficient (Wildman–Crippen LogP) is 0.122. The molecule has 2 fully saturated rings. The number of aliphatic hydroxyl groups is 1. The second-order valence-electron chi connectivity index (χ2n) is 5.77. The number of carbonyl (C=O) groups excluding carboxylic acids is 1. The highest BCUT2D eigenvalue weighted by molar-refractivity contribution is 5.85. The van der Waals surface area contributed by atoms with Crippen LogP contribution in [0.1, 0.15) is 20.3 Å². The smallest absolute Gasteiger partial charge is 0.242 e. The Bertz CT molecular complexity index is 328. The van der Waals surface area contributed by atoms with Gasteiger partial charge in [0, 0.05) is 38.8 Å². The van der Waals surface area contributed by atoms with E-state index in [1.165, 1.54) is 0 Å². The minimum Gasteiger partial charge on any atom is -0.392 e. The van der Waals surface area contributed by atoms with Crippen molar-refractivity contribution in [1.82, 2.24) is 15.1 Å². The Hall–Kier alpha value is -0.110. The normalized spacial score (nSPS) is 27.5. The minimum absolute atomic E-state index is 0. The topological polar surface area (TPSA) is 65.0 Å². The molecular weight excluding hydrogens is 329 g/mol. The van der Waals surface area contributed by atoms with Crippen molar-refractivity contribution in [2.45, 2.75) is 38.5 Å². The number of carbonyl (C=O) groups is 1. The average molecular weight is 358 g/mol. The van der Waals surface area contributed by atoms with Gasteiger partial charge in [0.05, 0.1) is 19.3 Å². The first-order chi connectivity index (χ1) is 9.61. The van der Waals surface area contributed by atoms with Gasteiger partial charge in [-0.1, -0.05) is 6.92 Å². The van der Waals surface area contributed by atoms with Gasteiger partial charge in [-0.05, 0) is 13.3 Å². The molecule has 0 radical (unpaired) electrons. The molecule has 22 heavy (non-hydrogen) atoms. The molecule has 6 nitrogen and oxygen atoms in total. The molecule has 2 N–H and O–H groups in total. The number of ether oxygens (including phenoxy) is 1. The maximum atomic E-state index is 12.5. The number of halogens is 2. The van der Waals surface area contributed by atoms with E-state index in [2.05, 4.69) is 17.1 Å². The second-order valence-corrected chi connectivity index (χ2v) is 5.77. The van der Waals surface area contributed by atoms with Crippen LogP contribution < -0.4 is 5.32 Å². The lowest BCUT2D eigenvalue weighted by Crippen LogP contribution is -2.60. The van der Waals surface area contributed by atoms with Crippen LogP contribution in [0, 0.1) is 0 Å². The number of piperazine rings is 1. The molecule has 2 aliphatic heterocycles. The number of amides is 1. The average Bonchev–Trinajstić information content (AvgIpc) is 2.47. The number of hydrogen-bond donors (Lipinski definition) is 2. The van der Waals surface area contributed by atoms with Crippen LogP contribution in [-0.4, -0.2) is 84.9 Å². The molecule has 0 bridgehead atoms. The lowest BCUT2D eigenvalue weighted by Gasteiger charge is -2.43. The maximum absolute atomic E-state index is 12.5. The van der Waals surface area contributed by atoms with Crippen molar-refractivity contribution < 1.29 is 14.6 Å². The van der Waals surface area contributed by atoms with Crippen molar-refractivity contribution in [2.75, 3.05) is 45.9 Å². The number of morpholine rings is 1. The summed E-state index contributed by atoms with van der Waals surface area (Å²) in [7, 11) is 0. The van der Waals surface area contributed by atoms with Crippen LogP contribution in [0.5, 0.6) is 0 Å². The quantitative estimate of drug-likeness (QED) is 0.748. The fourth-order valence-corrected chi connectivity index (χ4v) is 3.00. The lowest BCUT2D eigenvalue weighted by atomic mass is 10.1. The van der Waals surface area contributed by atoms with Crippen molar-refractivity contribution in [1.29, 1.82) is 0 Å². The molecule has 0 aromatic carbocycles. The minimum atomic E-state index is -0.320. The molecule has 3 atom stereocenters. The van der Waals surface area contributed by atoms with Crippen LogP contribution in [0.25, 0.3) is 0 Å². The summed E-state index contributed by atoms with van der Waals surface area (Å²) in [5, 5.41) is 12.8. The summed E-state index contributed by atoms with van der Waals surface area (Å²) < 4.78 is 5.37. The van der Waals surface area contributed by atoms with E-state index in [0.717, 1.165) is 32.6 Å². The van der Waals surface area contributed by atoms with Crippen molar-refractivity contribution in [3.05, 3.63) is 0 Å². The molecule has 0 spiro atoms. The number of aliphatic hydroxyl groups excluding tert-OH is 1. The van der Waals surface area contributed by atoms with Crippen LogP contribution in [0.4, 0.5) is 0 Å². The highest BCUT2D eigenvalue weighted by atomic mass is 35.5. The predicted molar refractivity (Wildman–Crippen MR) is 91.0 cm³/mol. The largest absolute Gasteiger partial charge is 0.392 e. The summed E-state index contributed by atoms with van der Waals surface area (Å²) in [5.74, 6) is 0.153. The molecule has 132 valence electrons. The fourth-order valence-electron chi connectivity index (χ4n) is 3.00. The Morgan fingerprint density at radius 2 is 2.14 bits per heavy atom. The van der Waals surface area contributed by atoms with Crippen LogP contribution in [0.15, 0.2) is 0 Å². The number of nitrogens with one attached hydrogen (secondary N) is 1. The summed E-state index contributed by atoms with van der Waals surface area (Å²) in [4.78, 5) is 16.7. The zero-order chi connectivity index (χ0) is 14.5. The van der Waals surface area contributed by atoms with Gasteiger partial charge in [0.1, 0.15) is 6.04 Å². The van der Waals surface area contributed by atoms with E-state index >= 15 is 0 Å². The molecule has 2 aliphatic rings. The Balaban J connectivity index is 0.00000220. The first-order valence-electron chi connectivity index (χ1n) is 7.63. The number of β-amino-alcohol motifs (C(OH)–C–C–N with tert-alkyl or cyclic N) is 1. The fraction of sp³-hybridized carbons (Fsp3) is 0.929. The van der Waals surface area contributed by atoms with Gasteiger partial charge in [0.15, 0.2) is 0 Å². The zero-order valence-electron chi connectivity index (χ0n) is 13.4. The van der Waals surface area contributed by atoms with Gasteiger partial charge in [-0.2, -0.15) is 0 Å². The van der Waals surface area contributed by atoms with Crippen molar-refractivity contribution in [3.63, 3.8) is 0 Å². The Morgan fingerprint density at radius 1 is 1.41 bits per heavy atom. The Labute approximate surface area is 145 Å².